The number of hydrogen-bond acceptors (Lipinski definition) is 7. The molecule has 5 heterocycles. The second-order valence-electron chi connectivity index (χ2n) is 10.0. The molecule has 0 bridgehead atoms. The van der Waals surface area contributed by atoms with E-state index in [1.54, 1.807) is 24.4 Å². The van der Waals surface area contributed by atoms with Crippen LogP contribution in [0.15, 0.2) is 42.9 Å². The second-order valence-corrected chi connectivity index (χ2v) is 10.8. The topological polar surface area (TPSA) is 113 Å². The van der Waals surface area contributed by atoms with E-state index in [1.807, 2.05) is 16.8 Å². The highest BCUT2D eigenvalue weighted by molar-refractivity contribution is 6.35. The Hall–Kier alpha value is -3.47. The number of amides is 1. The Morgan fingerprint density at radius 2 is 1.87 bits per heavy atom. The number of carbonyl (C=O) groups excluding carboxylic acids is 1. The number of H-pyrrole nitrogens is 1. The Kier molecular flexibility index (Phi) is 6.57. The maximum atomic E-state index is 15.4. The Bertz CT molecular complexity index is 1550. The summed E-state index contributed by atoms with van der Waals surface area (Å²) in [7, 11) is 1.88. The molecule has 9 nitrogen and oxygen atoms in total. The van der Waals surface area contributed by atoms with Crippen LogP contribution < -0.4 is 15.4 Å². The molecule has 1 amide bonds. The molecule has 3 aromatic heterocycles. The maximum absolute atomic E-state index is 15.4. The predicted octanol–water partition coefficient (Wildman–Crippen LogP) is 5.09. The molecule has 1 spiro atoms. The first kappa shape index (κ1) is 25.8. The third kappa shape index (κ3) is 4.56. The van der Waals surface area contributed by atoms with Crippen LogP contribution >= 0.6 is 23.2 Å². The molecule has 2 aliphatic rings. The number of aromatic nitrogens is 4. The first-order valence-electron chi connectivity index (χ1n) is 12.6. The third-order valence-electron chi connectivity index (χ3n) is 7.95. The number of nitrogens with zero attached hydrogens (tertiary/aromatic N) is 5. The quantitative estimate of drug-likeness (QED) is 0.321. The molecule has 202 valence electrons. The van der Waals surface area contributed by atoms with Gasteiger partial charge in [-0.3, -0.25) is 20.6 Å². The molecule has 39 heavy (non-hydrogen) atoms. The molecular weight excluding hydrogens is 544 g/mol. The average Bonchev–Trinajstić information content (AvgIpc) is 3.46. The number of carbonyl (C=O) groups is 1. The number of piperidine rings is 1. The Labute approximate surface area is 234 Å². The van der Waals surface area contributed by atoms with Gasteiger partial charge in [0.15, 0.2) is 17.9 Å². The molecule has 6 rings (SSSR count). The van der Waals surface area contributed by atoms with E-state index in [1.165, 1.54) is 18.5 Å². The lowest BCUT2D eigenvalue weighted by molar-refractivity contribution is -0.130. The zero-order chi connectivity index (χ0) is 27.3. The van der Waals surface area contributed by atoms with Gasteiger partial charge in [0.25, 0.3) is 0 Å². The van der Waals surface area contributed by atoms with Crippen LogP contribution in [0, 0.1) is 5.82 Å². The van der Waals surface area contributed by atoms with E-state index in [4.69, 9.17) is 33.7 Å². The molecular formula is C27H26Cl2FN7O2. The van der Waals surface area contributed by atoms with Crippen molar-refractivity contribution < 1.29 is 13.9 Å². The van der Waals surface area contributed by atoms with E-state index in [9.17, 15) is 4.79 Å². The van der Waals surface area contributed by atoms with E-state index < -0.39 is 12.0 Å². The lowest BCUT2D eigenvalue weighted by Gasteiger charge is -2.43. The fourth-order valence-corrected chi connectivity index (χ4v) is 6.22. The minimum absolute atomic E-state index is 0.117. The van der Waals surface area contributed by atoms with E-state index in [2.05, 4.69) is 20.2 Å². The van der Waals surface area contributed by atoms with Gasteiger partial charge in [-0.1, -0.05) is 23.2 Å². The van der Waals surface area contributed by atoms with Crippen molar-refractivity contribution in [3.8, 4) is 17.0 Å². The smallest absolute Gasteiger partial charge is 0.222 e. The molecule has 0 radical (unpaired) electrons. The summed E-state index contributed by atoms with van der Waals surface area (Å²) in [6.45, 7) is 1.28. The van der Waals surface area contributed by atoms with Crippen LogP contribution in [0.25, 0.3) is 22.2 Å². The van der Waals surface area contributed by atoms with Crippen LogP contribution in [0.3, 0.4) is 0 Å². The van der Waals surface area contributed by atoms with E-state index in [-0.39, 0.29) is 11.4 Å². The van der Waals surface area contributed by atoms with Crippen molar-refractivity contribution in [3.05, 3.63) is 64.3 Å². The molecule has 2 aliphatic heterocycles. The highest BCUT2D eigenvalue weighted by Crippen LogP contribution is 2.39. The third-order valence-corrected chi connectivity index (χ3v) is 8.55. The largest absolute Gasteiger partial charge is 0.471 e. The number of nitrogens with two attached hydrogens (primary N) is 1. The number of anilines is 1. The highest BCUT2D eigenvalue weighted by atomic mass is 35.5. The number of ether oxygens (including phenoxy) is 1. The standard InChI is InChI=1S/C27H26Cl2FN7O2/c1-36-22(38)4-5-27(36)6-8-37(9-7-27)26-20(30)10-15(12-33-26)24-17-11-16(2-3-21(17)34-35-24)39-25(31)23-18(28)13-32-14-19(23)29/h2-3,10-14,25H,4-9,31H2,1H3,(H,34,35)/t25-/m0/s1. The van der Waals surface area contributed by atoms with E-state index in [0.29, 0.717) is 57.9 Å². The van der Waals surface area contributed by atoms with Crippen molar-refractivity contribution in [1.29, 1.82) is 0 Å². The lowest BCUT2D eigenvalue weighted by Crippen LogP contribution is -2.52. The van der Waals surface area contributed by atoms with E-state index in [0.717, 1.165) is 30.2 Å². The number of benzene rings is 1. The first-order valence-corrected chi connectivity index (χ1v) is 13.4. The van der Waals surface area contributed by atoms with Crippen molar-refractivity contribution in [2.45, 2.75) is 37.5 Å². The van der Waals surface area contributed by atoms with Crippen LogP contribution in [0.2, 0.25) is 10.0 Å². The van der Waals surface area contributed by atoms with Gasteiger partial charge in [0.05, 0.1) is 15.6 Å². The molecule has 1 aromatic carbocycles. The lowest BCUT2D eigenvalue weighted by atomic mass is 9.85. The number of pyridine rings is 2. The van der Waals surface area contributed by atoms with Gasteiger partial charge in [-0.05, 0) is 43.5 Å². The summed E-state index contributed by atoms with van der Waals surface area (Å²) in [4.78, 5) is 24.3. The normalized spacial score (nSPS) is 17.8. The number of likely N-dealkylation sites (tertiary alicyclic amines) is 1. The summed E-state index contributed by atoms with van der Waals surface area (Å²) in [6, 6.07) is 6.76. The zero-order valence-electron chi connectivity index (χ0n) is 21.1. The molecule has 0 aliphatic carbocycles. The minimum atomic E-state index is -0.926. The molecule has 12 heteroatoms. The van der Waals surface area contributed by atoms with Crippen molar-refractivity contribution in [3.63, 3.8) is 0 Å². The number of nitrogens with one attached hydrogen (secondary N) is 1. The number of rotatable bonds is 5. The molecule has 2 saturated heterocycles. The Morgan fingerprint density at radius 3 is 2.54 bits per heavy atom. The summed E-state index contributed by atoms with van der Waals surface area (Å²) in [5.41, 5.74) is 8.34. The van der Waals surface area contributed by atoms with Gasteiger partial charge >= 0.3 is 0 Å². The average molecular weight is 570 g/mol. The molecule has 1 atom stereocenters. The van der Waals surface area contributed by atoms with Gasteiger partial charge in [0, 0.05) is 67.2 Å². The zero-order valence-corrected chi connectivity index (χ0v) is 22.6. The van der Waals surface area contributed by atoms with Gasteiger partial charge in [0.2, 0.25) is 5.91 Å². The maximum Gasteiger partial charge on any atom is 0.222 e. The van der Waals surface area contributed by atoms with Crippen molar-refractivity contribution in [2.24, 2.45) is 5.73 Å². The van der Waals surface area contributed by atoms with Crippen molar-refractivity contribution in [2.75, 3.05) is 25.0 Å². The summed E-state index contributed by atoms with van der Waals surface area (Å²) in [6.07, 6.45) is 6.63. The van der Waals surface area contributed by atoms with Crippen molar-refractivity contribution in [1.82, 2.24) is 25.1 Å². The van der Waals surface area contributed by atoms with Crippen LogP contribution in [0.5, 0.6) is 5.75 Å². The molecule has 4 aromatic rings. The summed E-state index contributed by atoms with van der Waals surface area (Å²) in [5.74, 6) is 0.529. The monoisotopic (exact) mass is 569 g/mol. The summed E-state index contributed by atoms with van der Waals surface area (Å²) < 4.78 is 21.3. The first-order chi connectivity index (χ1) is 18.8. The second kappa shape index (κ2) is 9.93. The number of hydrogen-bond donors (Lipinski definition) is 2. The molecule has 2 fully saturated rings. The van der Waals surface area contributed by atoms with E-state index >= 15 is 4.39 Å². The molecule has 0 unspecified atom stereocenters. The molecule has 3 N–H and O–H groups in total. The highest BCUT2D eigenvalue weighted by Gasteiger charge is 2.45. The number of halogens is 3. The van der Waals surface area contributed by atoms with Gasteiger partial charge in [-0.15, -0.1) is 0 Å². The number of fused-ring (bicyclic) bond motifs is 1. The summed E-state index contributed by atoms with van der Waals surface area (Å²) in [5, 5.41) is 8.69. The fraction of sp³-hybridized carbons (Fsp3) is 0.333. The Morgan fingerprint density at radius 1 is 1.13 bits per heavy atom. The SMILES string of the molecule is CN1C(=O)CCC12CCN(c1ncc(-c3n[nH]c4ccc(O[C@H](N)c5c(Cl)cncc5Cl)cc34)cc1F)CC2. The predicted molar refractivity (Wildman–Crippen MR) is 147 cm³/mol. The van der Waals surface area contributed by atoms with Gasteiger partial charge in [0.1, 0.15) is 11.4 Å². The molecule has 0 saturated carbocycles. The van der Waals surface area contributed by atoms with Gasteiger partial charge < -0.3 is 14.5 Å². The minimum Gasteiger partial charge on any atom is -0.471 e. The van der Waals surface area contributed by atoms with Crippen LogP contribution in [0.1, 0.15) is 37.5 Å². The van der Waals surface area contributed by atoms with Crippen LogP contribution in [0.4, 0.5) is 10.2 Å². The van der Waals surface area contributed by atoms with Gasteiger partial charge in [-0.2, -0.15) is 5.10 Å². The number of aromatic amines is 1. The van der Waals surface area contributed by atoms with Gasteiger partial charge in [-0.25, -0.2) is 9.37 Å². The Balaban J connectivity index is 1.22. The fourth-order valence-electron chi connectivity index (χ4n) is 5.64. The van der Waals surface area contributed by atoms with Crippen LogP contribution in [-0.2, 0) is 4.79 Å². The van der Waals surface area contributed by atoms with Crippen molar-refractivity contribution >= 4 is 45.8 Å². The summed E-state index contributed by atoms with van der Waals surface area (Å²) >= 11 is 12.4. The van der Waals surface area contributed by atoms with Crippen LogP contribution in [-0.4, -0.2) is 56.6 Å².